The van der Waals surface area contributed by atoms with E-state index in [1.54, 1.807) is 12.4 Å². The maximum absolute atomic E-state index is 6.34. The van der Waals surface area contributed by atoms with Gasteiger partial charge in [-0.15, -0.1) is 11.6 Å². The summed E-state index contributed by atoms with van der Waals surface area (Å²) in [6.07, 6.45) is 5.51. The molecule has 0 aliphatic heterocycles. The molecule has 0 aliphatic rings. The third-order valence-corrected chi connectivity index (χ3v) is 3.63. The summed E-state index contributed by atoms with van der Waals surface area (Å²) >= 11 is 9.82. The zero-order valence-electron chi connectivity index (χ0n) is 10.2. The van der Waals surface area contributed by atoms with E-state index in [1.807, 2.05) is 41.8 Å². The number of fused-ring (bicyclic) bond motifs is 1. The van der Waals surface area contributed by atoms with E-state index in [-0.39, 0.29) is 5.38 Å². The molecule has 1 unspecified atom stereocenters. The second-order valence-electron chi connectivity index (χ2n) is 4.27. The Kier molecular flexibility index (Phi) is 3.29. The van der Waals surface area contributed by atoms with Gasteiger partial charge in [-0.1, -0.05) is 0 Å². The Balaban J connectivity index is 2.33. The molecule has 0 fully saturated rings. The average Bonchev–Trinajstić information content (AvgIpc) is 2.78. The van der Waals surface area contributed by atoms with Crippen LogP contribution in [-0.2, 0) is 0 Å². The van der Waals surface area contributed by atoms with Crippen LogP contribution >= 0.6 is 27.5 Å². The summed E-state index contributed by atoms with van der Waals surface area (Å²) in [6, 6.07) is 7.83. The first-order valence-corrected chi connectivity index (χ1v) is 7.12. The highest BCUT2D eigenvalue weighted by Crippen LogP contribution is 2.32. The molecule has 0 aliphatic carbocycles. The molecule has 3 rings (SSSR count). The molecule has 96 valence electrons. The second-order valence-corrected chi connectivity index (χ2v) is 5.84. The Bertz CT molecular complexity index is 722. The molecule has 19 heavy (non-hydrogen) atoms. The molecule has 3 heterocycles. The summed E-state index contributed by atoms with van der Waals surface area (Å²) in [5.74, 6) is 0. The van der Waals surface area contributed by atoms with Crippen molar-refractivity contribution < 1.29 is 0 Å². The molecule has 3 aromatic rings. The van der Waals surface area contributed by atoms with E-state index < -0.39 is 0 Å². The molecular formula is C14H11BrClN3. The van der Waals surface area contributed by atoms with Gasteiger partial charge in [0, 0.05) is 28.6 Å². The number of nitrogens with zero attached hydrogens (tertiary/aromatic N) is 3. The molecule has 3 nitrogen and oxygen atoms in total. The van der Waals surface area contributed by atoms with Crippen molar-refractivity contribution in [3.05, 3.63) is 53.0 Å². The lowest BCUT2D eigenvalue weighted by Crippen LogP contribution is -1.95. The van der Waals surface area contributed by atoms with E-state index in [0.29, 0.717) is 0 Å². The fourth-order valence-electron chi connectivity index (χ4n) is 2.14. The van der Waals surface area contributed by atoms with Crippen LogP contribution in [0.4, 0.5) is 0 Å². The van der Waals surface area contributed by atoms with E-state index in [4.69, 9.17) is 11.6 Å². The SMILES string of the molecule is CC(Cl)c1c(-c2ccncc2)nc2ccc(Br)cn12. The molecule has 5 heteroatoms. The maximum atomic E-state index is 6.34. The van der Waals surface area contributed by atoms with Gasteiger partial charge in [-0.05, 0) is 47.1 Å². The predicted octanol–water partition coefficient (Wildman–Crippen LogP) is 4.46. The number of alkyl halides is 1. The first-order chi connectivity index (χ1) is 9.16. The van der Waals surface area contributed by atoms with E-state index in [0.717, 1.165) is 27.1 Å². The summed E-state index contributed by atoms with van der Waals surface area (Å²) < 4.78 is 3.02. The van der Waals surface area contributed by atoms with E-state index in [2.05, 4.69) is 25.9 Å². The quantitative estimate of drug-likeness (QED) is 0.647. The van der Waals surface area contributed by atoms with Crippen LogP contribution in [0.1, 0.15) is 18.0 Å². The van der Waals surface area contributed by atoms with Gasteiger partial charge in [-0.2, -0.15) is 0 Å². The Hall–Kier alpha value is -1.39. The van der Waals surface area contributed by atoms with Crippen molar-refractivity contribution in [2.45, 2.75) is 12.3 Å². The average molecular weight is 337 g/mol. The van der Waals surface area contributed by atoms with Gasteiger partial charge in [-0.3, -0.25) is 4.98 Å². The van der Waals surface area contributed by atoms with Crippen molar-refractivity contribution in [2.75, 3.05) is 0 Å². The van der Waals surface area contributed by atoms with Gasteiger partial charge >= 0.3 is 0 Å². The third-order valence-electron chi connectivity index (χ3n) is 2.95. The lowest BCUT2D eigenvalue weighted by Gasteiger charge is -2.07. The molecule has 0 bridgehead atoms. The highest BCUT2D eigenvalue weighted by molar-refractivity contribution is 9.10. The fourth-order valence-corrected chi connectivity index (χ4v) is 2.68. The molecular weight excluding hydrogens is 326 g/mol. The molecule has 1 atom stereocenters. The number of rotatable bonds is 2. The van der Waals surface area contributed by atoms with Crippen LogP contribution in [0.2, 0.25) is 0 Å². The standard InChI is InChI=1S/C14H11BrClN3/c1-9(16)14-13(10-4-6-17-7-5-10)18-12-3-2-11(15)8-19(12)14/h2-9H,1H3. The molecule has 0 spiro atoms. The van der Waals surface area contributed by atoms with E-state index in [9.17, 15) is 0 Å². The van der Waals surface area contributed by atoms with Crippen LogP contribution < -0.4 is 0 Å². The highest BCUT2D eigenvalue weighted by atomic mass is 79.9. The van der Waals surface area contributed by atoms with Crippen molar-refractivity contribution in [1.82, 2.24) is 14.4 Å². The highest BCUT2D eigenvalue weighted by Gasteiger charge is 2.17. The van der Waals surface area contributed by atoms with Crippen molar-refractivity contribution in [3.63, 3.8) is 0 Å². The second kappa shape index (κ2) is 4.94. The van der Waals surface area contributed by atoms with E-state index >= 15 is 0 Å². The molecule has 0 radical (unpaired) electrons. The van der Waals surface area contributed by atoms with Gasteiger partial charge in [0.05, 0.1) is 16.8 Å². The number of aromatic nitrogens is 3. The Morgan fingerprint density at radius 3 is 2.63 bits per heavy atom. The monoisotopic (exact) mass is 335 g/mol. The summed E-state index contributed by atoms with van der Waals surface area (Å²) in [5.41, 5.74) is 3.81. The summed E-state index contributed by atoms with van der Waals surface area (Å²) in [7, 11) is 0. The molecule has 0 N–H and O–H groups in total. The van der Waals surface area contributed by atoms with Crippen LogP contribution in [0.15, 0.2) is 47.3 Å². The van der Waals surface area contributed by atoms with Crippen molar-refractivity contribution >= 4 is 33.2 Å². The minimum Gasteiger partial charge on any atom is -0.301 e. The Labute approximate surface area is 124 Å². The van der Waals surface area contributed by atoms with Gasteiger partial charge in [0.25, 0.3) is 0 Å². The van der Waals surface area contributed by atoms with Gasteiger partial charge in [-0.25, -0.2) is 4.98 Å². The van der Waals surface area contributed by atoms with Crippen molar-refractivity contribution in [2.24, 2.45) is 0 Å². The normalized spacial score (nSPS) is 12.8. The number of hydrogen-bond donors (Lipinski definition) is 0. The molecule has 0 saturated heterocycles. The van der Waals surface area contributed by atoms with Crippen molar-refractivity contribution in [3.8, 4) is 11.3 Å². The number of imidazole rings is 1. The smallest absolute Gasteiger partial charge is 0.137 e. The minimum atomic E-state index is -0.132. The predicted molar refractivity (Wildman–Crippen MR) is 80.4 cm³/mol. The van der Waals surface area contributed by atoms with Crippen LogP contribution in [-0.4, -0.2) is 14.4 Å². The number of hydrogen-bond acceptors (Lipinski definition) is 2. The van der Waals surface area contributed by atoms with Gasteiger partial charge in [0.15, 0.2) is 0 Å². The Morgan fingerprint density at radius 1 is 1.21 bits per heavy atom. The van der Waals surface area contributed by atoms with Gasteiger partial charge in [0.2, 0.25) is 0 Å². The maximum Gasteiger partial charge on any atom is 0.137 e. The van der Waals surface area contributed by atoms with Crippen LogP contribution in [0.25, 0.3) is 16.9 Å². The van der Waals surface area contributed by atoms with Crippen LogP contribution in [0, 0.1) is 0 Å². The summed E-state index contributed by atoms with van der Waals surface area (Å²) in [5, 5.41) is -0.132. The summed E-state index contributed by atoms with van der Waals surface area (Å²) in [4.78, 5) is 8.71. The topological polar surface area (TPSA) is 30.2 Å². The summed E-state index contributed by atoms with van der Waals surface area (Å²) in [6.45, 7) is 1.95. The molecule has 3 aromatic heterocycles. The van der Waals surface area contributed by atoms with Crippen LogP contribution in [0.5, 0.6) is 0 Å². The lowest BCUT2D eigenvalue weighted by molar-refractivity contribution is 0.962. The van der Waals surface area contributed by atoms with Crippen molar-refractivity contribution in [1.29, 1.82) is 0 Å². The fraction of sp³-hybridized carbons (Fsp3) is 0.143. The molecule has 0 amide bonds. The molecule has 0 aromatic carbocycles. The first-order valence-electron chi connectivity index (χ1n) is 5.89. The largest absolute Gasteiger partial charge is 0.301 e. The zero-order valence-corrected chi connectivity index (χ0v) is 12.6. The number of pyridine rings is 2. The van der Waals surface area contributed by atoms with Gasteiger partial charge in [0.1, 0.15) is 5.65 Å². The van der Waals surface area contributed by atoms with Gasteiger partial charge < -0.3 is 4.40 Å². The Morgan fingerprint density at radius 2 is 1.95 bits per heavy atom. The third kappa shape index (κ3) is 2.26. The first kappa shape index (κ1) is 12.6. The van der Waals surface area contributed by atoms with Crippen LogP contribution in [0.3, 0.4) is 0 Å². The molecule has 0 saturated carbocycles. The minimum absolute atomic E-state index is 0.132. The zero-order chi connectivity index (χ0) is 13.4. The van der Waals surface area contributed by atoms with E-state index in [1.165, 1.54) is 0 Å². The number of halogens is 2. The lowest BCUT2D eigenvalue weighted by atomic mass is 10.1.